The second-order valence-electron chi connectivity index (χ2n) is 5.48. The maximum absolute atomic E-state index is 11.7. The van der Waals surface area contributed by atoms with Crippen molar-refractivity contribution in [2.75, 3.05) is 20.3 Å². The number of carboxylic acids is 1. The highest BCUT2D eigenvalue weighted by atomic mass is 16.5. The molecule has 1 aromatic rings. The summed E-state index contributed by atoms with van der Waals surface area (Å²) in [6.45, 7) is 2.77. The van der Waals surface area contributed by atoms with Gasteiger partial charge in [-0.15, -0.1) is 0 Å². The molecule has 22 heavy (non-hydrogen) atoms. The maximum Gasteiger partial charge on any atom is 0.308 e. The number of aryl methyl sites for hydroxylation is 1. The van der Waals surface area contributed by atoms with E-state index in [0.29, 0.717) is 19.4 Å². The highest BCUT2D eigenvalue weighted by Gasteiger charge is 2.18. The van der Waals surface area contributed by atoms with Crippen molar-refractivity contribution in [2.45, 2.75) is 32.6 Å². The van der Waals surface area contributed by atoms with Crippen LogP contribution in [-0.2, 0) is 20.7 Å². The third kappa shape index (κ3) is 7.22. The lowest BCUT2D eigenvalue weighted by atomic mass is 9.98. The number of hydrogen-bond donors (Lipinski definition) is 2. The average molecular weight is 307 g/mol. The molecule has 1 unspecified atom stereocenters. The Kier molecular flexibility index (Phi) is 8.22. The first-order valence-corrected chi connectivity index (χ1v) is 7.57. The molecule has 0 aliphatic heterocycles. The van der Waals surface area contributed by atoms with Crippen molar-refractivity contribution in [2.24, 2.45) is 5.92 Å². The summed E-state index contributed by atoms with van der Waals surface area (Å²) < 4.78 is 4.92. The van der Waals surface area contributed by atoms with Crippen molar-refractivity contribution >= 4 is 11.9 Å². The maximum atomic E-state index is 11.7. The molecule has 0 aliphatic rings. The summed E-state index contributed by atoms with van der Waals surface area (Å²) >= 11 is 0. The molecule has 0 bridgehead atoms. The summed E-state index contributed by atoms with van der Waals surface area (Å²) in [5.41, 5.74) is 2.07. The number of carbonyl (C=O) groups excluding carboxylic acids is 1. The molecule has 122 valence electrons. The number of carboxylic acid groups (broad SMARTS) is 1. The Morgan fingerprint density at radius 1 is 1.32 bits per heavy atom. The first-order chi connectivity index (χ1) is 10.5. The van der Waals surface area contributed by atoms with Crippen molar-refractivity contribution in [3.05, 3.63) is 35.4 Å². The van der Waals surface area contributed by atoms with E-state index in [1.54, 1.807) is 7.11 Å². The van der Waals surface area contributed by atoms with Crippen molar-refractivity contribution in [3.8, 4) is 0 Å². The minimum absolute atomic E-state index is 0.105. The van der Waals surface area contributed by atoms with Crippen LogP contribution in [0.4, 0.5) is 0 Å². The third-order valence-electron chi connectivity index (χ3n) is 3.46. The smallest absolute Gasteiger partial charge is 0.308 e. The Hall–Kier alpha value is -1.88. The molecule has 0 heterocycles. The largest absolute Gasteiger partial charge is 0.481 e. The number of amides is 1. The van der Waals surface area contributed by atoms with Gasteiger partial charge in [0.15, 0.2) is 0 Å². The van der Waals surface area contributed by atoms with Crippen LogP contribution in [0.2, 0.25) is 0 Å². The normalized spacial score (nSPS) is 11.9. The molecule has 5 heteroatoms. The van der Waals surface area contributed by atoms with Gasteiger partial charge in [0, 0.05) is 26.7 Å². The molecule has 1 atom stereocenters. The van der Waals surface area contributed by atoms with Gasteiger partial charge in [-0.2, -0.15) is 0 Å². The number of aliphatic carboxylic acids is 1. The minimum atomic E-state index is -0.888. The van der Waals surface area contributed by atoms with E-state index in [4.69, 9.17) is 4.74 Å². The predicted molar refractivity (Wildman–Crippen MR) is 84.7 cm³/mol. The summed E-state index contributed by atoms with van der Waals surface area (Å²) in [6, 6.07) is 7.77. The SMILES string of the molecule is COCCCCC(=O)NCC(Cc1cccc(C)c1)C(=O)O. The van der Waals surface area contributed by atoms with Crippen LogP contribution in [-0.4, -0.2) is 37.2 Å². The zero-order valence-corrected chi connectivity index (χ0v) is 13.3. The second kappa shape index (κ2) is 9.95. The summed E-state index contributed by atoms with van der Waals surface area (Å²) in [5, 5.41) is 12.0. The van der Waals surface area contributed by atoms with Crippen LogP contribution in [0.1, 0.15) is 30.4 Å². The lowest BCUT2D eigenvalue weighted by molar-refractivity contribution is -0.141. The molecule has 1 rings (SSSR count). The van der Waals surface area contributed by atoms with Gasteiger partial charge in [0.25, 0.3) is 0 Å². The zero-order chi connectivity index (χ0) is 16.4. The van der Waals surface area contributed by atoms with Crippen LogP contribution in [0.25, 0.3) is 0 Å². The molecule has 0 aromatic heterocycles. The molecule has 0 radical (unpaired) electrons. The predicted octanol–water partition coefficient (Wildman–Crippen LogP) is 2.17. The van der Waals surface area contributed by atoms with Crippen molar-refractivity contribution < 1.29 is 19.4 Å². The lowest BCUT2D eigenvalue weighted by Gasteiger charge is -2.14. The van der Waals surface area contributed by atoms with Crippen LogP contribution < -0.4 is 5.32 Å². The van der Waals surface area contributed by atoms with E-state index >= 15 is 0 Å². The molecule has 0 saturated carbocycles. The van der Waals surface area contributed by atoms with E-state index in [9.17, 15) is 14.7 Å². The number of unbranched alkanes of at least 4 members (excludes halogenated alkanes) is 1. The Bertz CT molecular complexity index is 487. The number of hydrogen-bond acceptors (Lipinski definition) is 3. The molecular formula is C17H25NO4. The number of methoxy groups -OCH3 is 1. The first kappa shape index (κ1) is 18.2. The third-order valence-corrected chi connectivity index (χ3v) is 3.46. The molecule has 1 aromatic carbocycles. The summed E-state index contributed by atoms with van der Waals surface area (Å²) in [4.78, 5) is 23.0. The van der Waals surface area contributed by atoms with Crippen molar-refractivity contribution in [3.63, 3.8) is 0 Å². The van der Waals surface area contributed by atoms with Gasteiger partial charge in [-0.05, 0) is 31.7 Å². The molecule has 0 fully saturated rings. The number of carbonyl (C=O) groups is 2. The van der Waals surface area contributed by atoms with Crippen LogP contribution in [0, 0.1) is 12.8 Å². The monoisotopic (exact) mass is 307 g/mol. The number of ether oxygens (including phenoxy) is 1. The lowest BCUT2D eigenvalue weighted by Crippen LogP contribution is -2.34. The fourth-order valence-corrected chi connectivity index (χ4v) is 2.23. The van der Waals surface area contributed by atoms with Crippen LogP contribution in [0.15, 0.2) is 24.3 Å². The van der Waals surface area contributed by atoms with Gasteiger partial charge in [0.1, 0.15) is 0 Å². The highest BCUT2D eigenvalue weighted by molar-refractivity contribution is 5.77. The van der Waals surface area contributed by atoms with Gasteiger partial charge >= 0.3 is 5.97 Å². The van der Waals surface area contributed by atoms with Crippen molar-refractivity contribution in [1.29, 1.82) is 0 Å². The second-order valence-corrected chi connectivity index (χ2v) is 5.48. The number of nitrogens with one attached hydrogen (secondary N) is 1. The van der Waals surface area contributed by atoms with Crippen LogP contribution in [0.3, 0.4) is 0 Å². The Balaban J connectivity index is 2.41. The first-order valence-electron chi connectivity index (χ1n) is 7.57. The van der Waals surface area contributed by atoms with Gasteiger partial charge in [0.2, 0.25) is 5.91 Å². The van der Waals surface area contributed by atoms with E-state index < -0.39 is 11.9 Å². The number of rotatable bonds is 10. The Morgan fingerprint density at radius 3 is 2.73 bits per heavy atom. The van der Waals surface area contributed by atoms with E-state index in [-0.39, 0.29) is 12.5 Å². The van der Waals surface area contributed by atoms with E-state index in [1.165, 1.54) is 0 Å². The van der Waals surface area contributed by atoms with Gasteiger partial charge in [-0.3, -0.25) is 9.59 Å². The zero-order valence-electron chi connectivity index (χ0n) is 13.3. The summed E-state index contributed by atoms with van der Waals surface area (Å²) in [6.07, 6.45) is 2.39. The van der Waals surface area contributed by atoms with E-state index in [0.717, 1.165) is 24.0 Å². The van der Waals surface area contributed by atoms with E-state index in [1.807, 2.05) is 31.2 Å². The van der Waals surface area contributed by atoms with Crippen LogP contribution >= 0.6 is 0 Å². The summed E-state index contributed by atoms with van der Waals surface area (Å²) in [5.74, 6) is -1.60. The molecule has 0 saturated heterocycles. The molecule has 5 nitrogen and oxygen atoms in total. The van der Waals surface area contributed by atoms with E-state index in [2.05, 4.69) is 5.32 Å². The molecular weight excluding hydrogens is 282 g/mol. The van der Waals surface area contributed by atoms with Gasteiger partial charge in [-0.1, -0.05) is 29.8 Å². The molecule has 0 aliphatic carbocycles. The Morgan fingerprint density at radius 2 is 2.09 bits per heavy atom. The fraction of sp³-hybridized carbons (Fsp3) is 0.529. The summed E-state index contributed by atoms with van der Waals surface area (Å²) in [7, 11) is 1.63. The van der Waals surface area contributed by atoms with Crippen LogP contribution in [0.5, 0.6) is 0 Å². The topological polar surface area (TPSA) is 75.6 Å². The standard InChI is InChI=1S/C17H25NO4/c1-13-6-5-7-14(10-13)11-15(17(20)21)12-18-16(19)8-3-4-9-22-2/h5-7,10,15H,3-4,8-9,11-12H2,1-2H3,(H,18,19)(H,20,21). The van der Waals surface area contributed by atoms with Gasteiger partial charge in [-0.25, -0.2) is 0 Å². The minimum Gasteiger partial charge on any atom is -0.481 e. The molecule has 2 N–H and O–H groups in total. The average Bonchev–Trinajstić information content (AvgIpc) is 2.47. The molecule has 1 amide bonds. The Labute approximate surface area is 131 Å². The van der Waals surface area contributed by atoms with Crippen molar-refractivity contribution in [1.82, 2.24) is 5.32 Å². The highest BCUT2D eigenvalue weighted by Crippen LogP contribution is 2.11. The quantitative estimate of drug-likeness (QED) is 0.650. The number of benzene rings is 1. The van der Waals surface area contributed by atoms with Gasteiger partial charge in [0.05, 0.1) is 5.92 Å². The fourth-order valence-electron chi connectivity index (χ4n) is 2.23. The molecule has 0 spiro atoms. The van der Waals surface area contributed by atoms with Gasteiger partial charge < -0.3 is 15.2 Å².